The van der Waals surface area contributed by atoms with Crippen LogP contribution in [0.15, 0.2) is 18.2 Å². The molecule has 1 heterocycles. The standard InChI is InChI=1S/C10H10FNO3/c1-14-9-4-6(11)2-3-7(9)8-5-15-10(13)12-8/h2-4,8H,5H2,1H3,(H,12,13). The van der Waals surface area contributed by atoms with Crippen molar-refractivity contribution < 1.29 is 18.7 Å². The van der Waals surface area contributed by atoms with E-state index in [0.29, 0.717) is 11.3 Å². The van der Waals surface area contributed by atoms with Crippen molar-refractivity contribution in [3.05, 3.63) is 29.6 Å². The molecule has 0 aromatic heterocycles. The first-order valence-electron chi connectivity index (χ1n) is 4.47. The molecule has 4 nitrogen and oxygen atoms in total. The minimum atomic E-state index is -0.466. The van der Waals surface area contributed by atoms with Gasteiger partial charge in [0.2, 0.25) is 0 Å². The van der Waals surface area contributed by atoms with Crippen LogP contribution in [-0.4, -0.2) is 19.8 Å². The van der Waals surface area contributed by atoms with E-state index in [-0.39, 0.29) is 18.5 Å². The van der Waals surface area contributed by atoms with Crippen LogP contribution < -0.4 is 10.1 Å². The van der Waals surface area contributed by atoms with Gasteiger partial charge < -0.3 is 14.8 Å². The highest BCUT2D eigenvalue weighted by atomic mass is 19.1. The molecule has 1 fully saturated rings. The van der Waals surface area contributed by atoms with Crippen LogP contribution in [0.25, 0.3) is 0 Å². The number of amides is 1. The number of carbonyl (C=O) groups excluding carboxylic acids is 1. The molecule has 1 aromatic carbocycles. The lowest BCUT2D eigenvalue weighted by atomic mass is 10.1. The predicted molar refractivity (Wildman–Crippen MR) is 50.2 cm³/mol. The molecule has 0 radical (unpaired) electrons. The fraction of sp³-hybridized carbons (Fsp3) is 0.300. The van der Waals surface area contributed by atoms with Gasteiger partial charge in [-0.15, -0.1) is 0 Å². The van der Waals surface area contributed by atoms with E-state index < -0.39 is 6.09 Å². The second-order valence-corrected chi connectivity index (χ2v) is 3.18. The van der Waals surface area contributed by atoms with Crippen molar-refractivity contribution in [2.75, 3.05) is 13.7 Å². The quantitative estimate of drug-likeness (QED) is 0.808. The van der Waals surface area contributed by atoms with Crippen LogP contribution in [0.4, 0.5) is 9.18 Å². The van der Waals surface area contributed by atoms with Gasteiger partial charge in [0.05, 0.1) is 13.2 Å². The lowest BCUT2D eigenvalue weighted by Crippen LogP contribution is -2.18. The maximum Gasteiger partial charge on any atom is 0.407 e. The van der Waals surface area contributed by atoms with Crippen molar-refractivity contribution in [3.8, 4) is 5.75 Å². The summed E-state index contributed by atoms with van der Waals surface area (Å²) in [6.07, 6.45) is -0.466. The Bertz CT molecular complexity index is 394. The van der Waals surface area contributed by atoms with Crippen LogP contribution in [0.5, 0.6) is 5.75 Å². The van der Waals surface area contributed by atoms with Crippen molar-refractivity contribution in [2.24, 2.45) is 0 Å². The largest absolute Gasteiger partial charge is 0.496 e. The molecule has 1 saturated heterocycles. The fourth-order valence-electron chi connectivity index (χ4n) is 1.52. The molecule has 0 spiro atoms. The topological polar surface area (TPSA) is 47.6 Å². The first-order chi connectivity index (χ1) is 7.20. The number of halogens is 1. The summed E-state index contributed by atoms with van der Waals surface area (Å²) in [5, 5.41) is 2.60. The molecule has 80 valence electrons. The molecule has 1 aliphatic heterocycles. The Morgan fingerprint density at radius 3 is 3.00 bits per heavy atom. The molecule has 1 aromatic rings. The van der Waals surface area contributed by atoms with E-state index in [2.05, 4.69) is 5.32 Å². The molecule has 0 bridgehead atoms. The molecule has 0 aliphatic carbocycles. The van der Waals surface area contributed by atoms with Gasteiger partial charge in [0.1, 0.15) is 18.2 Å². The van der Waals surface area contributed by atoms with Gasteiger partial charge in [-0.3, -0.25) is 0 Å². The lowest BCUT2D eigenvalue weighted by molar-refractivity contribution is 0.177. The predicted octanol–water partition coefficient (Wildman–Crippen LogP) is 1.62. The zero-order valence-electron chi connectivity index (χ0n) is 8.12. The number of rotatable bonds is 2. The van der Waals surface area contributed by atoms with E-state index in [0.717, 1.165) is 0 Å². The fourth-order valence-corrected chi connectivity index (χ4v) is 1.52. The van der Waals surface area contributed by atoms with Crippen LogP contribution in [0, 0.1) is 5.82 Å². The van der Waals surface area contributed by atoms with Crippen LogP contribution in [0.3, 0.4) is 0 Å². The van der Waals surface area contributed by atoms with Crippen molar-refractivity contribution in [2.45, 2.75) is 6.04 Å². The lowest BCUT2D eigenvalue weighted by Gasteiger charge is -2.12. The first-order valence-corrected chi connectivity index (χ1v) is 4.47. The smallest absolute Gasteiger partial charge is 0.407 e. The number of carbonyl (C=O) groups is 1. The van der Waals surface area contributed by atoms with Crippen molar-refractivity contribution in [3.63, 3.8) is 0 Å². The van der Waals surface area contributed by atoms with Crippen LogP contribution >= 0.6 is 0 Å². The SMILES string of the molecule is COc1cc(F)ccc1C1COC(=O)N1. The Kier molecular flexibility index (Phi) is 2.45. The third kappa shape index (κ3) is 1.86. The summed E-state index contributed by atoms with van der Waals surface area (Å²) >= 11 is 0. The molecule has 1 unspecified atom stereocenters. The van der Waals surface area contributed by atoms with Gasteiger partial charge in [-0.1, -0.05) is 6.07 Å². The average Bonchev–Trinajstić information content (AvgIpc) is 2.64. The van der Waals surface area contributed by atoms with Crippen molar-refractivity contribution in [1.29, 1.82) is 0 Å². The number of methoxy groups -OCH3 is 1. The van der Waals surface area contributed by atoms with Crippen molar-refractivity contribution in [1.82, 2.24) is 5.32 Å². The highest BCUT2D eigenvalue weighted by Crippen LogP contribution is 2.28. The maximum atomic E-state index is 12.9. The average molecular weight is 211 g/mol. The minimum Gasteiger partial charge on any atom is -0.496 e. The van der Waals surface area contributed by atoms with E-state index in [4.69, 9.17) is 9.47 Å². The summed E-state index contributed by atoms with van der Waals surface area (Å²) in [7, 11) is 1.45. The number of cyclic esters (lactones) is 1. The van der Waals surface area contributed by atoms with E-state index in [1.54, 1.807) is 6.07 Å². The molecule has 1 aliphatic rings. The van der Waals surface area contributed by atoms with Crippen LogP contribution in [-0.2, 0) is 4.74 Å². The zero-order valence-corrected chi connectivity index (χ0v) is 8.12. The highest BCUT2D eigenvalue weighted by Gasteiger charge is 2.26. The Hall–Kier alpha value is -1.78. The highest BCUT2D eigenvalue weighted by molar-refractivity contribution is 5.70. The van der Waals surface area contributed by atoms with Gasteiger partial charge in [0.25, 0.3) is 0 Å². The summed E-state index contributed by atoms with van der Waals surface area (Å²) < 4.78 is 22.7. The van der Waals surface area contributed by atoms with Gasteiger partial charge in [0.15, 0.2) is 0 Å². The van der Waals surface area contributed by atoms with Crippen LogP contribution in [0.2, 0.25) is 0 Å². The normalized spacial score (nSPS) is 19.6. The third-order valence-electron chi connectivity index (χ3n) is 2.24. The molecular weight excluding hydrogens is 201 g/mol. The number of alkyl carbamates (subject to hydrolysis) is 1. The summed E-state index contributed by atoms with van der Waals surface area (Å²) in [5.41, 5.74) is 0.713. The number of nitrogens with one attached hydrogen (secondary N) is 1. The second-order valence-electron chi connectivity index (χ2n) is 3.18. The van der Waals surface area contributed by atoms with Gasteiger partial charge in [-0.05, 0) is 6.07 Å². The Morgan fingerprint density at radius 2 is 2.40 bits per heavy atom. The number of benzene rings is 1. The molecule has 2 rings (SSSR count). The van der Waals surface area contributed by atoms with E-state index in [9.17, 15) is 9.18 Å². The minimum absolute atomic E-state index is 0.237. The summed E-state index contributed by atoms with van der Waals surface area (Å²) in [5.74, 6) is 0.0339. The van der Waals surface area contributed by atoms with E-state index in [1.807, 2.05) is 0 Å². The molecule has 1 atom stereocenters. The molecule has 15 heavy (non-hydrogen) atoms. The number of ether oxygens (including phenoxy) is 2. The van der Waals surface area contributed by atoms with E-state index in [1.165, 1.54) is 19.2 Å². The monoisotopic (exact) mass is 211 g/mol. The van der Waals surface area contributed by atoms with Gasteiger partial charge >= 0.3 is 6.09 Å². The molecule has 5 heteroatoms. The zero-order chi connectivity index (χ0) is 10.8. The number of hydrogen-bond acceptors (Lipinski definition) is 3. The summed E-state index contributed by atoms with van der Waals surface area (Å²) in [6.45, 7) is 0.237. The third-order valence-corrected chi connectivity index (χ3v) is 2.24. The van der Waals surface area contributed by atoms with Gasteiger partial charge in [-0.25, -0.2) is 9.18 Å². The van der Waals surface area contributed by atoms with E-state index >= 15 is 0 Å². The van der Waals surface area contributed by atoms with Gasteiger partial charge in [0, 0.05) is 11.6 Å². The summed E-state index contributed by atoms with van der Waals surface area (Å²) in [4.78, 5) is 10.8. The Labute approximate surface area is 86.0 Å². The van der Waals surface area contributed by atoms with Gasteiger partial charge in [-0.2, -0.15) is 0 Å². The molecule has 1 N–H and O–H groups in total. The molecule has 0 saturated carbocycles. The number of hydrogen-bond donors (Lipinski definition) is 1. The molecule has 1 amide bonds. The Balaban J connectivity index is 2.31. The molecular formula is C10H10FNO3. The second kappa shape index (κ2) is 3.76. The Morgan fingerprint density at radius 1 is 1.60 bits per heavy atom. The summed E-state index contributed by atoms with van der Waals surface area (Å²) in [6, 6.07) is 3.91. The first kappa shape index (κ1) is 9.76. The van der Waals surface area contributed by atoms with Crippen LogP contribution in [0.1, 0.15) is 11.6 Å². The van der Waals surface area contributed by atoms with Crippen molar-refractivity contribution >= 4 is 6.09 Å². The maximum absolute atomic E-state index is 12.9.